The molecule has 0 bridgehead atoms. The molecule has 3 rings (SSSR count). The highest BCUT2D eigenvalue weighted by Crippen LogP contribution is 2.24. The third kappa shape index (κ3) is 6.69. The van der Waals surface area contributed by atoms with Gasteiger partial charge in [-0.15, -0.1) is 0 Å². The molecule has 2 heterocycles. The van der Waals surface area contributed by atoms with Crippen molar-refractivity contribution in [2.75, 3.05) is 17.7 Å². The van der Waals surface area contributed by atoms with Crippen LogP contribution in [-0.4, -0.2) is 55.9 Å². The highest BCUT2D eigenvalue weighted by molar-refractivity contribution is 5.86. The Morgan fingerprint density at radius 2 is 1.76 bits per heavy atom. The molecule has 0 aliphatic carbocycles. The Morgan fingerprint density at radius 1 is 1.09 bits per heavy atom. The van der Waals surface area contributed by atoms with Gasteiger partial charge in [-0.25, -0.2) is 14.6 Å². The summed E-state index contributed by atoms with van der Waals surface area (Å²) in [6.45, 7) is 6.64. The van der Waals surface area contributed by atoms with Gasteiger partial charge in [-0.1, -0.05) is 12.1 Å². The number of fused-ring (bicyclic) bond motifs is 1. The van der Waals surface area contributed by atoms with Crippen molar-refractivity contribution < 1.29 is 34.4 Å². The van der Waals surface area contributed by atoms with Crippen LogP contribution in [0.1, 0.15) is 28.9 Å². The summed E-state index contributed by atoms with van der Waals surface area (Å²) in [5, 5.41) is 30.4. The Labute approximate surface area is 196 Å². The Balaban J connectivity index is 0.000000387. The van der Waals surface area contributed by atoms with Gasteiger partial charge in [0.1, 0.15) is 0 Å². The van der Waals surface area contributed by atoms with E-state index in [0.29, 0.717) is 6.54 Å². The highest BCUT2D eigenvalue weighted by atomic mass is 16.5. The van der Waals surface area contributed by atoms with Crippen molar-refractivity contribution in [1.29, 1.82) is 0 Å². The fraction of sp³-hybridized carbons (Fsp3) is 0.304. The molecule has 1 amide bonds. The zero-order chi connectivity index (χ0) is 25.4. The standard InChI is InChI=1S/C19H22N4O2.C4H6O5/c1-12-7-5-8-16(22-19(24)25-4)15(12)11-20-17-9-6-10-23-14(3)13(2)21-18(17)23;5-2(4(8)9)1-3(6)7/h5-10,20H,11H2,1-4H3,(H,22,24);2,5H,1H2,(H,6,7)(H,8,9). The Bertz CT molecular complexity index is 1190. The Kier molecular flexibility index (Phi) is 8.96. The quantitative estimate of drug-likeness (QED) is 0.348. The van der Waals surface area contributed by atoms with Crippen LogP contribution < -0.4 is 10.6 Å². The molecule has 11 nitrogen and oxygen atoms in total. The number of benzene rings is 1. The molecule has 0 saturated carbocycles. The van der Waals surface area contributed by atoms with Crippen LogP contribution in [-0.2, 0) is 20.9 Å². The Morgan fingerprint density at radius 3 is 2.35 bits per heavy atom. The predicted molar refractivity (Wildman–Crippen MR) is 125 cm³/mol. The van der Waals surface area contributed by atoms with E-state index in [1.165, 1.54) is 7.11 Å². The molecule has 0 spiro atoms. The number of carbonyl (C=O) groups is 3. The molecule has 0 saturated heterocycles. The minimum absolute atomic E-state index is 0.478. The molecule has 3 aromatic rings. The van der Waals surface area contributed by atoms with Gasteiger partial charge in [-0.3, -0.25) is 10.1 Å². The third-order valence-corrected chi connectivity index (χ3v) is 5.07. The van der Waals surface area contributed by atoms with Gasteiger partial charge in [0.2, 0.25) is 0 Å². The van der Waals surface area contributed by atoms with E-state index in [2.05, 4.69) is 26.9 Å². The largest absolute Gasteiger partial charge is 0.481 e. The number of nitrogens with zero attached hydrogens (tertiary/aromatic N) is 2. The van der Waals surface area contributed by atoms with Crippen molar-refractivity contribution in [3.05, 3.63) is 59.0 Å². The predicted octanol–water partition coefficient (Wildman–Crippen LogP) is 2.96. The number of hydrogen-bond acceptors (Lipinski definition) is 7. The second-order valence-electron chi connectivity index (χ2n) is 7.42. The lowest BCUT2D eigenvalue weighted by molar-refractivity contribution is -0.152. The van der Waals surface area contributed by atoms with Crippen LogP contribution >= 0.6 is 0 Å². The van der Waals surface area contributed by atoms with E-state index in [1.54, 1.807) is 0 Å². The number of imidazole rings is 1. The maximum absolute atomic E-state index is 11.6. The summed E-state index contributed by atoms with van der Waals surface area (Å²) in [5.41, 5.74) is 6.82. The fourth-order valence-electron chi connectivity index (χ4n) is 3.09. The number of aryl methyl sites for hydroxylation is 3. The van der Waals surface area contributed by atoms with Crippen LogP contribution in [0, 0.1) is 20.8 Å². The first kappa shape index (κ1) is 26.1. The fourth-order valence-corrected chi connectivity index (χ4v) is 3.09. The lowest BCUT2D eigenvalue weighted by atomic mass is 10.1. The van der Waals surface area contributed by atoms with Gasteiger partial charge in [-0.05, 0) is 50.1 Å². The molecule has 5 N–H and O–H groups in total. The van der Waals surface area contributed by atoms with Crippen molar-refractivity contribution in [1.82, 2.24) is 9.38 Å². The molecule has 0 aliphatic rings. The second-order valence-corrected chi connectivity index (χ2v) is 7.42. The molecule has 11 heteroatoms. The minimum Gasteiger partial charge on any atom is -0.481 e. The first-order valence-corrected chi connectivity index (χ1v) is 10.3. The maximum atomic E-state index is 11.6. The number of nitrogens with one attached hydrogen (secondary N) is 2. The number of ether oxygens (including phenoxy) is 1. The van der Waals surface area contributed by atoms with E-state index in [0.717, 1.165) is 39.5 Å². The first-order valence-electron chi connectivity index (χ1n) is 10.3. The summed E-state index contributed by atoms with van der Waals surface area (Å²) in [5.74, 6) is -2.85. The molecule has 182 valence electrons. The van der Waals surface area contributed by atoms with Crippen LogP contribution in [0.2, 0.25) is 0 Å². The summed E-state index contributed by atoms with van der Waals surface area (Å²) >= 11 is 0. The normalized spacial score (nSPS) is 11.2. The van der Waals surface area contributed by atoms with E-state index in [9.17, 15) is 14.4 Å². The van der Waals surface area contributed by atoms with Crippen LogP contribution in [0.4, 0.5) is 16.2 Å². The maximum Gasteiger partial charge on any atom is 0.411 e. The lowest BCUT2D eigenvalue weighted by Gasteiger charge is -2.15. The Hall–Kier alpha value is -4.12. The van der Waals surface area contributed by atoms with Crippen molar-refractivity contribution in [2.45, 2.75) is 39.8 Å². The van der Waals surface area contributed by atoms with Crippen molar-refractivity contribution >= 4 is 35.1 Å². The average molecular weight is 472 g/mol. The van der Waals surface area contributed by atoms with Crippen molar-refractivity contribution in [2.24, 2.45) is 0 Å². The molecule has 1 unspecified atom stereocenters. The van der Waals surface area contributed by atoms with E-state index >= 15 is 0 Å². The van der Waals surface area contributed by atoms with E-state index < -0.39 is 30.6 Å². The number of aliphatic hydroxyl groups excluding tert-OH is 1. The first-order chi connectivity index (χ1) is 16.0. The van der Waals surface area contributed by atoms with Crippen molar-refractivity contribution in [3.8, 4) is 0 Å². The zero-order valence-corrected chi connectivity index (χ0v) is 19.3. The molecule has 0 aliphatic heterocycles. The molecule has 2 aromatic heterocycles. The van der Waals surface area contributed by atoms with E-state index in [4.69, 9.17) is 20.1 Å². The number of amides is 1. The summed E-state index contributed by atoms with van der Waals surface area (Å²) in [7, 11) is 1.35. The van der Waals surface area contributed by atoms with Crippen LogP contribution in [0.5, 0.6) is 0 Å². The second kappa shape index (κ2) is 11.7. The molecule has 1 aromatic carbocycles. The molecule has 1 atom stereocenters. The van der Waals surface area contributed by atoms with Crippen LogP contribution in [0.25, 0.3) is 5.65 Å². The number of rotatable bonds is 7. The van der Waals surface area contributed by atoms with E-state index in [-0.39, 0.29) is 0 Å². The average Bonchev–Trinajstić information content (AvgIpc) is 3.07. The molecule has 0 radical (unpaired) electrons. The van der Waals surface area contributed by atoms with Gasteiger partial charge in [0, 0.05) is 24.1 Å². The van der Waals surface area contributed by atoms with E-state index in [1.807, 2.05) is 50.4 Å². The topological polar surface area (TPSA) is 162 Å². The van der Waals surface area contributed by atoms with Crippen molar-refractivity contribution in [3.63, 3.8) is 0 Å². The summed E-state index contributed by atoms with van der Waals surface area (Å²) < 4.78 is 6.77. The van der Waals surface area contributed by atoms with Gasteiger partial charge < -0.3 is 29.8 Å². The smallest absolute Gasteiger partial charge is 0.411 e. The third-order valence-electron chi connectivity index (χ3n) is 5.07. The lowest BCUT2D eigenvalue weighted by Crippen LogP contribution is -2.22. The number of carboxylic acid groups (broad SMARTS) is 2. The van der Waals surface area contributed by atoms with Gasteiger partial charge in [0.15, 0.2) is 11.8 Å². The SMILES string of the molecule is COC(=O)Nc1cccc(C)c1CNc1cccn2c(C)c(C)nc12.O=C(O)CC(O)C(=O)O. The molecular formula is C23H28N4O7. The van der Waals surface area contributed by atoms with Gasteiger partial charge >= 0.3 is 18.0 Å². The monoisotopic (exact) mass is 472 g/mol. The number of carbonyl (C=O) groups excluding carboxylic acids is 1. The van der Waals surface area contributed by atoms with Crippen LogP contribution in [0.3, 0.4) is 0 Å². The number of aromatic nitrogens is 2. The minimum atomic E-state index is -1.79. The molecule has 34 heavy (non-hydrogen) atoms. The van der Waals surface area contributed by atoms with Gasteiger partial charge in [-0.2, -0.15) is 0 Å². The zero-order valence-electron chi connectivity index (χ0n) is 19.3. The number of hydrogen-bond donors (Lipinski definition) is 5. The number of aliphatic hydroxyl groups is 1. The number of methoxy groups -OCH3 is 1. The number of anilines is 2. The summed E-state index contributed by atoms with van der Waals surface area (Å²) in [4.78, 5) is 35.6. The number of carboxylic acids is 2. The molecular weight excluding hydrogens is 444 g/mol. The van der Waals surface area contributed by atoms with Crippen LogP contribution in [0.15, 0.2) is 36.5 Å². The van der Waals surface area contributed by atoms with Gasteiger partial charge in [0.05, 0.1) is 24.9 Å². The summed E-state index contributed by atoms with van der Waals surface area (Å²) in [6, 6.07) is 9.79. The summed E-state index contributed by atoms with van der Waals surface area (Å²) in [6.07, 6.45) is -1.01. The molecule has 0 fully saturated rings. The van der Waals surface area contributed by atoms with Gasteiger partial charge in [0.25, 0.3) is 0 Å². The highest BCUT2D eigenvalue weighted by Gasteiger charge is 2.16. The number of pyridine rings is 1. The number of aliphatic carboxylic acids is 2.